The summed E-state index contributed by atoms with van der Waals surface area (Å²) >= 11 is 0. The number of benzene rings is 1. The van der Waals surface area contributed by atoms with Crippen molar-refractivity contribution in [3.63, 3.8) is 0 Å². The zero-order chi connectivity index (χ0) is 16.7. The molecule has 0 aliphatic carbocycles. The highest BCUT2D eigenvalue weighted by Crippen LogP contribution is 2.17. The zero-order valence-corrected chi connectivity index (χ0v) is 13.9. The first-order valence-corrected chi connectivity index (χ1v) is 7.80. The summed E-state index contributed by atoms with van der Waals surface area (Å²) in [6.45, 7) is 6.42. The van der Waals surface area contributed by atoms with Crippen LogP contribution in [0.25, 0.3) is 0 Å². The molecule has 0 unspecified atom stereocenters. The third-order valence-electron chi connectivity index (χ3n) is 3.74. The summed E-state index contributed by atoms with van der Waals surface area (Å²) in [5.41, 5.74) is 2.37. The van der Waals surface area contributed by atoms with E-state index in [0.717, 1.165) is 30.1 Å². The first-order valence-electron chi connectivity index (χ1n) is 7.80. The first-order chi connectivity index (χ1) is 11.2. The number of aromatic nitrogens is 1. The Morgan fingerprint density at radius 1 is 1.17 bits per heavy atom. The van der Waals surface area contributed by atoms with Crippen LogP contribution >= 0.6 is 0 Å². The van der Waals surface area contributed by atoms with E-state index in [-0.39, 0.29) is 5.91 Å². The molecule has 0 spiro atoms. The molecule has 1 N–H and O–H groups in total. The van der Waals surface area contributed by atoms with Crippen LogP contribution in [0, 0.1) is 0 Å². The second kappa shape index (κ2) is 8.17. The molecule has 0 saturated heterocycles. The summed E-state index contributed by atoms with van der Waals surface area (Å²) in [7, 11) is 1.62. The van der Waals surface area contributed by atoms with Gasteiger partial charge in [-0.15, -0.1) is 0 Å². The van der Waals surface area contributed by atoms with Gasteiger partial charge in [-0.2, -0.15) is 0 Å². The van der Waals surface area contributed by atoms with Gasteiger partial charge in [-0.05, 0) is 32.0 Å². The van der Waals surface area contributed by atoms with Crippen molar-refractivity contribution in [2.75, 3.05) is 25.1 Å². The molecule has 0 saturated carbocycles. The average molecular weight is 313 g/mol. The van der Waals surface area contributed by atoms with E-state index in [1.807, 2.05) is 30.3 Å². The number of para-hydroxylation sites is 1. The molecular formula is C18H23N3O2. The van der Waals surface area contributed by atoms with Gasteiger partial charge in [0.05, 0.1) is 19.0 Å². The topological polar surface area (TPSA) is 54.5 Å². The lowest BCUT2D eigenvalue weighted by Crippen LogP contribution is -2.25. The highest BCUT2D eigenvalue weighted by molar-refractivity contribution is 5.92. The van der Waals surface area contributed by atoms with Gasteiger partial charge in [-0.3, -0.25) is 4.79 Å². The number of hydrogen-bond acceptors (Lipinski definition) is 4. The molecule has 1 amide bonds. The fourth-order valence-electron chi connectivity index (χ4n) is 2.41. The van der Waals surface area contributed by atoms with E-state index in [9.17, 15) is 4.79 Å². The molecule has 23 heavy (non-hydrogen) atoms. The highest BCUT2D eigenvalue weighted by atomic mass is 16.5. The summed E-state index contributed by atoms with van der Waals surface area (Å²) in [5, 5.41) is 2.87. The van der Waals surface area contributed by atoms with Gasteiger partial charge in [0, 0.05) is 25.2 Å². The van der Waals surface area contributed by atoms with E-state index in [4.69, 9.17) is 4.74 Å². The monoisotopic (exact) mass is 313 g/mol. The van der Waals surface area contributed by atoms with Crippen LogP contribution in [-0.2, 0) is 6.54 Å². The Morgan fingerprint density at radius 2 is 1.91 bits per heavy atom. The van der Waals surface area contributed by atoms with Crippen molar-refractivity contribution in [3.8, 4) is 5.75 Å². The Hall–Kier alpha value is -2.56. The number of carbonyl (C=O) groups excluding carboxylic acids is 1. The molecule has 0 aliphatic rings. The van der Waals surface area contributed by atoms with Gasteiger partial charge in [-0.25, -0.2) is 4.98 Å². The Morgan fingerprint density at radius 3 is 2.52 bits per heavy atom. The number of rotatable bonds is 7. The van der Waals surface area contributed by atoms with Crippen molar-refractivity contribution in [2.45, 2.75) is 20.4 Å². The Kier molecular flexibility index (Phi) is 5.97. The molecule has 5 nitrogen and oxygen atoms in total. The molecule has 1 aromatic carbocycles. The molecule has 5 heteroatoms. The maximum Gasteiger partial charge on any atom is 0.270 e. The predicted octanol–water partition coefficient (Wildman–Crippen LogP) is 2.87. The Balaban J connectivity index is 2.01. The molecule has 0 aliphatic heterocycles. The zero-order valence-electron chi connectivity index (χ0n) is 13.9. The number of amides is 1. The smallest absolute Gasteiger partial charge is 0.270 e. The molecule has 0 radical (unpaired) electrons. The second-order valence-electron chi connectivity index (χ2n) is 5.07. The van der Waals surface area contributed by atoms with Crippen LogP contribution in [0.3, 0.4) is 0 Å². The summed E-state index contributed by atoms with van der Waals surface area (Å²) in [6.07, 6.45) is 1.74. The van der Waals surface area contributed by atoms with Crippen molar-refractivity contribution < 1.29 is 9.53 Å². The third-order valence-corrected chi connectivity index (χ3v) is 3.74. The number of anilines is 1. The lowest BCUT2D eigenvalue weighted by molar-refractivity contribution is 0.0945. The number of hydrogen-bond donors (Lipinski definition) is 1. The maximum atomic E-state index is 12.2. The SMILES string of the molecule is CCN(CC)c1ccc(C(=O)NCc2ccccc2OC)nc1. The molecule has 122 valence electrons. The third kappa shape index (κ3) is 4.22. The molecule has 0 atom stereocenters. The van der Waals surface area contributed by atoms with Gasteiger partial charge in [-0.1, -0.05) is 18.2 Å². The van der Waals surface area contributed by atoms with Crippen molar-refractivity contribution in [3.05, 3.63) is 53.9 Å². The Labute approximate surface area is 137 Å². The van der Waals surface area contributed by atoms with Crippen molar-refractivity contribution in [1.29, 1.82) is 0 Å². The maximum absolute atomic E-state index is 12.2. The van der Waals surface area contributed by atoms with E-state index in [0.29, 0.717) is 12.2 Å². The van der Waals surface area contributed by atoms with Gasteiger partial charge in [0.2, 0.25) is 0 Å². The van der Waals surface area contributed by atoms with Gasteiger partial charge < -0.3 is 15.0 Å². The van der Waals surface area contributed by atoms with E-state index in [1.165, 1.54) is 0 Å². The minimum atomic E-state index is -0.193. The van der Waals surface area contributed by atoms with Gasteiger partial charge in [0.25, 0.3) is 5.91 Å². The van der Waals surface area contributed by atoms with Crippen LogP contribution in [0.4, 0.5) is 5.69 Å². The van der Waals surface area contributed by atoms with Crippen molar-refractivity contribution in [2.24, 2.45) is 0 Å². The lowest BCUT2D eigenvalue weighted by atomic mass is 10.2. The largest absolute Gasteiger partial charge is 0.496 e. The minimum absolute atomic E-state index is 0.193. The van der Waals surface area contributed by atoms with Crippen LogP contribution in [0.2, 0.25) is 0 Å². The van der Waals surface area contributed by atoms with E-state index in [2.05, 4.69) is 29.0 Å². The van der Waals surface area contributed by atoms with Crippen LogP contribution < -0.4 is 15.0 Å². The fourth-order valence-corrected chi connectivity index (χ4v) is 2.41. The summed E-state index contributed by atoms with van der Waals surface area (Å²) < 4.78 is 5.28. The molecule has 0 bridgehead atoms. The first kappa shape index (κ1) is 16.8. The highest BCUT2D eigenvalue weighted by Gasteiger charge is 2.10. The lowest BCUT2D eigenvalue weighted by Gasteiger charge is -2.20. The van der Waals surface area contributed by atoms with Gasteiger partial charge in [0.1, 0.15) is 11.4 Å². The van der Waals surface area contributed by atoms with Gasteiger partial charge >= 0.3 is 0 Å². The second-order valence-corrected chi connectivity index (χ2v) is 5.07. The van der Waals surface area contributed by atoms with Crippen LogP contribution in [0.5, 0.6) is 5.75 Å². The normalized spacial score (nSPS) is 10.2. The Bertz CT molecular complexity index is 637. The van der Waals surface area contributed by atoms with E-state index < -0.39 is 0 Å². The van der Waals surface area contributed by atoms with E-state index >= 15 is 0 Å². The quantitative estimate of drug-likeness (QED) is 0.854. The standard InChI is InChI=1S/C18H23N3O2/c1-4-21(5-2)15-10-11-16(19-13-15)18(22)20-12-14-8-6-7-9-17(14)23-3/h6-11,13H,4-5,12H2,1-3H3,(H,20,22). The summed E-state index contributed by atoms with van der Waals surface area (Å²) in [5.74, 6) is 0.569. The molecule has 1 aromatic heterocycles. The van der Waals surface area contributed by atoms with Crippen molar-refractivity contribution >= 4 is 11.6 Å². The summed E-state index contributed by atoms with van der Waals surface area (Å²) in [4.78, 5) is 18.7. The molecule has 2 rings (SSSR count). The number of nitrogens with one attached hydrogen (secondary N) is 1. The number of pyridine rings is 1. The predicted molar refractivity (Wildman–Crippen MR) is 92.0 cm³/mol. The summed E-state index contributed by atoms with van der Waals surface area (Å²) in [6, 6.07) is 11.3. The fraction of sp³-hybridized carbons (Fsp3) is 0.333. The molecular weight excluding hydrogens is 290 g/mol. The number of methoxy groups -OCH3 is 1. The molecule has 0 fully saturated rings. The van der Waals surface area contributed by atoms with Crippen molar-refractivity contribution in [1.82, 2.24) is 10.3 Å². The van der Waals surface area contributed by atoms with Crippen LogP contribution in [-0.4, -0.2) is 31.1 Å². The number of nitrogens with zero attached hydrogens (tertiary/aromatic N) is 2. The van der Waals surface area contributed by atoms with E-state index in [1.54, 1.807) is 19.4 Å². The number of carbonyl (C=O) groups is 1. The minimum Gasteiger partial charge on any atom is -0.496 e. The van der Waals surface area contributed by atoms with Crippen LogP contribution in [0.15, 0.2) is 42.6 Å². The number of ether oxygens (including phenoxy) is 1. The molecule has 2 aromatic rings. The average Bonchev–Trinajstić information content (AvgIpc) is 2.61. The van der Waals surface area contributed by atoms with Crippen LogP contribution in [0.1, 0.15) is 29.9 Å². The van der Waals surface area contributed by atoms with Gasteiger partial charge in [0.15, 0.2) is 0 Å². The molecule has 1 heterocycles.